The van der Waals surface area contributed by atoms with E-state index in [-0.39, 0.29) is 18.7 Å². The summed E-state index contributed by atoms with van der Waals surface area (Å²) in [5, 5.41) is 11.3. The lowest BCUT2D eigenvalue weighted by Gasteiger charge is -2.21. The van der Waals surface area contributed by atoms with E-state index in [0.717, 1.165) is 58.9 Å². The Balaban J connectivity index is 1.51. The van der Waals surface area contributed by atoms with E-state index in [4.69, 9.17) is 8.83 Å². The number of hydrogen-bond donors (Lipinski definition) is 1. The summed E-state index contributed by atoms with van der Waals surface area (Å²) in [6, 6.07) is 1.30. The van der Waals surface area contributed by atoms with Gasteiger partial charge < -0.3 is 18.8 Å². The number of carbonyl (C=O) groups is 2. The van der Waals surface area contributed by atoms with E-state index in [0.29, 0.717) is 30.5 Å². The highest BCUT2D eigenvalue weighted by atomic mass is 16.4. The second kappa shape index (κ2) is 7.80. The van der Waals surface area contributed by atoms with Crippen molar-refractivity contribution < 1.29 is 23.5 Å². The number of likely N-dealkylation sites (tertiary alicyclic amines) is 1. The molecule has 1 fully saturated rings. The van der Waals surface area contributed by atoms with Crippen LogP contribution in [0.4, 0.5) is 0 Å². The molecule has 0 saturated carbocycles. The second-order valence-electron chi connectivity index (χ2n) is 9.04. The van der Waals surface area contributed by atoms with Gasteiger partial charge in [0.2, 0.25) is 5.91 Å². The topological polar surface area (TPSA) is 101 Å². The third-order valence-electron chi connectivity index (χ3n) is 7.17. The van der Waals surface area contributed by atoms with Gasteiger partial charge in [0, 0.05) is 46.8 Å². The number of hydrogen-bond acceptors (Lipinski definition) is 5. The second-order valence-corrected chi connectivity index (χ2v) is 9.04. The van der Waals surface area contributed by atoms with Crippen LogP contribution >= 0.6 is 0 Å². The van der Waals surface area contributed by atoms with Gasteiger partial charge in [0.05, 0.1) is 0 Å². The van der Waals surface area contributed by atoms with Crippen molar-refractivity contribution in [2.75, 3.05) is 6.54 Å². The van der Waals surface area contributed by atoms with Gasteiger partial charge in [0.15, 0.2) is 0 Å². The zero-order valence-electron chi connectivity index (χ0n) is 18.5. The van der Waals surface area contributed by atoms with Gasteiger partial charge in [-0.15, -0.1) is 0 Å². The first-order chi connectivity index (χ1) is 15.4. The average Bonchev–Trinajstić information content (AvgIpc) is 3.40. The van der Waals surface area contributed by atoms with Crippen LogP contribution in [-0.2, 0) is 28.9 Å². The van der Waals surface area contributed by atoms with Crippen molar-refractivity contribution in [3.05, 3.63) is 44.5 Å². The summed E-state index contributed by atoms with van der Waals surface area (Å²) in [5.74, 6) is -0.168. The van der Waals surface area contributed by atoms with Crippen molar-refractivity contribution >= 4 is 33.8 Å². The molecule has 1 amide bonds. The number of carbonyl (C=O) groups excluding carboxylic acids is 1. The van der Waals surface area contributed by atoms with Gasteiger partial charge in [-0.3, -0.25) is 4.79 Å². The number of furan rings is 1. The zero-order valence-corrected chi connectivity index (χ0v) is 18.5. The Morgan fingerprint density at radius 3 is 2.59 bits per heavy atom. The molecule has 0 radical (unpaired) electrons. The Bertz CT molecular complexity index is 1310. The molecule has 1 aliphatic heterocycles. The molecule has 3 heterocycles. The molecule has 168 valence electrons. The maximum Gasteiger partial charge on any atom is 0.339 e. The highest BCUT2D eigenvalue weighted by Crippen LogP contribution is 2.38. The van der Waals surface area contributed by atoms with E-state index in [9.17, 15) is 19.5 Å². The lowest BCUT2D eigenvalue weighted by Crippen LogP contribution is -2.40. The summed E-state index contributed by atoms with van der Waals surface area (Å²) >= 11 is 0. The average molecular weight is 437 g/mol. The Morgan fingerprint density at radius 1 is 1.06 bits per heavy atom. The van der Waals surface area contributed by atoms with Gasteiger partial charge in [-0.05, 0) is 64.0 Å². The summed E-state index contributed by atoms with van der Waals surface area (Å²) in [7, 11) is 0. The monoisotopic (exact) mass is 437 g/mol. The Hall–Kier alpha value is -3.09. The van der Waals surface area contributed by atoms with Gasteiger partial charge in [0.1, 0.15) is 23.0 Å². The number of aryl methyl sites for hydroxylation is 4. The van der Waals surface area contributed by atoms with Crippen molar-refractivity contribution in [1.29, 1.82) is 0 Å². The van der Waals surface area contributed by atoms with E-state index in [1.165, 1.54) is 10.5 Å². The highest BCUT2D eigenvalue weighted by Gasteiger charge is 2.33. The first-order valence-corrected chi connectivity index (χ1v) is 11.4. The Morgan fingerprint density at radius 2 is 1.81 bits per heavy atom. The number of carboxylic acid groups (broad SMARTS) is 1. The van der Waals surface area contributed by atoms with Gasteiger partial charge in [0.25, 0.3) is 0 Å². The largest absolute Gasteiger partial charge is 0.480 e. The minimum atomic E-state index is -0.972. The number of aliphatic carboxylic acids is 1. The van der Waals surface area contributed by atoms with Gasteiger partial charge >= 0.3 is 11.6 Å². The first kappa shape index (κ1) is 20.8. The van der Waals surface area contributed by atoms with Crippen LogP contribution in [0, 0.1) is 13.8 Å². The fraction of sp³-hybridized carbons (Fsp3) is 0.480. The standard InChI is InChI=1S/C25H27NO6/c1-13-15(9-10-21(27)26-11-5-7-19(26)24(28)29)25(30)32-22-14(2)23-18(12-17(13)22)16-6-3-4-8-20(16)31-23/h12,19H,3-11H2,1-2H3,(H,28,29)/t19-/m0/s1. The maximum atomic E-state index is 12.8. The normalized spacial score (nSPS) is 18.4. The molecule has 0 spiro atoms. The van der Waals surface area contributed by atoms with Crippen molar-refractivity contribution in [3.8, 4) is 0 Å². The van der Waals surface area contributed by atoms with Crippen molar-refractivity contribution in [2.24, 2.45) is 0 Å². The van der Waals surface area contributed by atoms with E-state index < -0.39 is 17.6 Å². The van der Waals surface area contributed by atoms with Crippen LogP contribution in [0.1, 0.15) is 60.1 Å². The lowest BCUT2D eigenvalue weighted by molar-refractivity contribution is -0.148. The van der Waals surface area contributed by atoms with Crippen LogP contribution in [0.5, 0.6) is 0 Å². The molecule has 1 saturated heterocycles. The summed E-state index contributed by atoms with van der Waals surface area (Å²) in [6.45, 7) is 4.27. The molecule has 1 N–H and O–H groups in total. The lowest BCUT2D eigenvalue weighted by atomic mass is 9.93. The third-order valence-corrected chi connectivity index (χ3v) is 7.17. The molecule has 32 heavy (non-hydrogen) atoms. The fourth-order valence-electron chi connectivity index (χ4n) is 5.40. The van der Waals surface area contributed by atoms with Crippen molar-refractivity contribution in [1.82, 2.24) is 4.90 Å². The molecular weight excluding hydrogens is 410 g/mol. The Kier molecular flexibility index (Phi) is 5.07. The third kappa shape index (κ3) is 3.22. The number of carboxylic acids is 1. The number of nitrogens with zero attached hydrogens (tertiary/aromatic N) is 1. The molecule has 2 aromatic heterocycles. The summed E-state index contributed by atoms with van der Waals surface area (Å²) in [6.07, 6.45) is 5.66. The Labute approximate surface area is 185 Å². The van der Waals surface area contributed by atoms with Crippen molar-refractivity contribution in [2.45, 2.75) is 71.3 Å². The van der Waals surface area contributed by atoms with Crippen LogP contribution in [0.2, 0.25) is 0 Å². The highest BCUT2D eigenvalue weighted by molar-refractivity contribution is 6.00. The molecule has 5 rings (SSSR count). The smallest absolute Gasteiger partial charge is 0.339 e. The molecule has 0 unspecified atom stereocenters. The fourth-order valence-corrected chi connectivity index (χ4v) is 5.40. The van der Waals surface area contributed by atoms with Crippen LogP contribution < -0.4 is 5.63 Å². The van der Waals surface area contributed by atoms with Crippen molar-refractivity contribution in [3.63, 3.8) is 0 Å². The first-order valence-electron chi connectivity index (χ1n) is 11.4. The molecule has 0 bridgehead atoms. The molecule has 1 aliphatic carbocycles. The number of rotatable bonds is 4. The molecular formula is C25H27NO6. The van der Waals surface area contributed by atoms with Gasteiger partial charge in [-0.2, -0.15) is 0 Å². The molecule has 1 aromatic carbocycles. The molecule has 1 atom stereocenters. The van der Waals surface area contributed by atoms with E-state index in [1.807, 2.05) is 13.8 Å². The molecule has 7 heteroatoms. The summed E-state index contributed by atoms with van der Waals surface area (Å²) < 4.78 is 11.9. The van der Waals surface area contributed by atoms with Gasteiger partial charge in [-0.25, -0.2) is 9.59 Å². The van der Waals surface area contributed by atoms with Crippen LogP contribution in [-0.4, -0.2) is 34.5 Å². The number of amides is 1. The predicted octanol–water partition coefficient (Wildman–Crippen LogP) is 4.04. The molecule has 3 aromatic rings. The molecule has 7 nitrogen and oxygen atoms in total. The minimum absolute atomic E-state index is 0.0865. The van der Waals surface area contributed by atoms with Crippen LogP contribution in [0.3, 0.4) is 0 Å². The van der Waals surface area contributed by atoms with Gasteiger partial charge in [-0.1, -0.05) is 0 Å². The number of fused-ring (bicyclic) bond motifs is 4. The van der Waals surface area contributed by atoms with Crippen LogP contribution in [0.15, 0.2) is 19.7 Å². The van der Waals surface area contributed by atoms with E-state index in [1.54, 1.807) is 0 Å². The zero-order chi connectivity index (χ0) is 22.6. The van der Waals surface area contributed by atoms with E-state index in [2.05, 4.69) is 6.07 Å². The van der Waals surface area contributed by atoms with Crippen LogP contribution in [0.25, 0.3) is 21.9 Å². The quantitative estimate of drug-likeness (QED) is 0.618. The summed E-state index contributed by atoms with van der Waals surface area (Å²) in [5.41, 5.74) is 4.26. The minimum Gasteiger partial charge on any atom is -0.480 e. The summed E-state index contributed by atoms with van der Waals surface area (Å²) in [4.78, 5) is 38.3. The predicted molar refractivity (Wildman–Crippen MR) is 119 cm³/mol. The molecule has 2 aliphatic rings. The number of benzene rings is 1. The SMILES string of the molecule is Cc1c(CCC(=O)N2CCC[C@H]2C(=O)O)c(=O)oc2c(C)c3oc4c(c3cc12)CCCC4. The van der Waals surface area contributed by atoms with E-state index >= 15 is 0 Å². The maximum absolute atomic E-state index is 12.8.